The van der Waals surface area contributed by atoms with Crippen molar-refractivity contribution in [3.8, 4) is 0 Å². The molecule has 0 atom stereocenters. The van der Waals surface area contributed by atoms with Gasteiger partial charge in [-0.2, -0.15) is 0 Å². The fourth-order valence-corrected chi connectivity index (χ4v) is 2.56. The molecular weight excluding hydrogens is 297 g/mol. The Kier molecular flexibility index (Phi) is 5.13. The molecule has 1 rings (SSSR count). The molecule has 19 heavy (non-hydrogen) atoms. The zero-order chi connectivity index (χ0) is 14.6. The number of nitrogens with zero attached hydrogens (tertiary/aromatic N) is 1. The van der Waals surface area contributed by atoms with Gasteiger partial charge in [0.15, 0.2) is 0 Å². The van der Waals surface area contributed by atoms with E-state index in [9.17, 15) is 17.6 Å². The van der Waals surface area contributed by atoms with Gasteiger partial charge in [0.25, 0.3) is 0 Å². The van der Waals surface area contributed by atoms with Gasteiger partial charge >= 0.3 is 5.97 Å². The first-order valence-corrected chi connectivity index (χ1v) is 7.56. The maximum Gasteiger partial charge on any atom is 0.326 e. The van der Waals surface area contributed by atoms with Gasteiger partial charge in [-0.25, -0.2) is 12.8 Å². The number of ether oxygens (including phenoxy) is 1. The molecule has 5 nitrogen and oxygen atoms in total. The molecule has 0 N–H and O–H groups in total. The van der Waals surface area contributed by atoms with E-state index in [-0.39, 0.29) is 17.3 Å². The minimum absolute atomic E-state index is 0.0265. The molecule has 0 spiro atoms. The number of rotatable bonds is 5. The second-order valence-corrected chi connectivity index (χ2v) is 5.98. The maximum absolute atomic E-state index is 12.9. The molecule has 0 unspecified atom stereocenters. The number of anilines is 1. The Bertz CT molecular complexity index is 576. The highest BCUT2D eigenvalue weighted by atomic mass is 35.5. The number of halogens is 2. The summed E-state index contributed by atoms with van der Waals surface area (Å²) in [6, 6.07) is 3.22. The minimum Gasteiger partial charge on any atom is -0.465 e. The number of hydrogen-bond acceptors (Lipinski definition) is 4. The third-order valence-corrected chi connectivity index (χ3v) is 3.59. The largest absolute Gasteiger partial charge is 0.465 e. The van der Waals surface area contributed by atoms with E-state index in [1.54, 1.807) is 6.92 Å². The van der Waals surface area contributed by atoms with Crippen molar-refractivity contribution in [3.63, 3.8) is 0 Å². The molecule has 0 aromatic heterocycles. The van der Waals surface area contributed by atoms with Crippen molar-refractivity contribution in [2.24, 2.45) is 0 Å². The molecule has 0 heterocycles. The van der Waals surface area contributed by atoms with E-state index in [0.717, 1.165) is 22.7 Å². The summed E-state index contributed by atoms with van der Waals surface area (Å²) in [6.07, 6.45) is 0.923. The summed E-state index contributed by atoms with van der Waals surface area (Å²) in [5, 5.41) is -0.102. The van der Waals surface area contributed by atoms with Crippen molar-refractivity contribution >= 4 is 33.3 Å². The van der Waals surface area contributed by atoms with Crippen molar-refractivity contribution in [2.45, 2.75) is 6.92 Å². The number of hydrogen-bond donors (Lipinski definition) is 0. The normalized spacial score (nSPS) is 11.2. The van der Waals surface area contributed by atoms with Gasteiger partial charge in [0.2, 0.25) is 10.0 Å². The highest BCUT2D eigenvalue weighted by Gasteiger charge is 2.23. The molecule has 1 aromatic rings. The van der Waals surface area contributed by atoms with Crippen molar-refractivity contribution in [2.75, 3.05) is 23.7 Å². The lowest BCUT2D eigenvalue weighted by Crippen LogP contribution is -2.36. The molecule has 8 heteroatoms. The number of carbonyl (C=O) groups excluding carboxylic acids is 1. The smallest absolute Gasteiger partial charge is 0.326 e. The van der Waals surface area contributed by atoms with E-state index >= 15 is 0 Å². The molecule has 1 aromatic carbocycles. The lowest BCUT2D eigenvalue weighted by molar-refractivity contribution is -0.141. The quantitative estimate of drug-likeness (QED) is 0.778. The summed E-state index contributed by atoms with van der Waals surface area (Å²) < 4.78 is 41.8. The summed E-state index contributed by atoms with van der Waals surface area (Å²) >= 11 is 5.79. The van der Waals surface area contributed by atoms with Crippen molar-refractivity contribution in [1.29, 1.82) is 0 Å². The number of carbonyl (C=O) groups is 1. The summed E-state index contributed by atoms with van der Waals surface area (Å²) in [5.74, 6) is -1.31. The first-order valence-electron chi connectivity index (χ1n) is 5.34. The second-order valence-electron chi connectivity index (χ2n) is 3.67. The monoisotopic (exact) mass is 309 g/mol. The van der Waals surface area contributed by atoms with Crippen LogP contribution in [-0.4, -0.2) is 33.8 Å². The van der Waals surface area contributed by atoms with Crippen LogP contribution in [0.2, 0.25) is 5.02 Å². The Balaban J connectivity index is 3.14. The van der Waals surface area contributed by atoms with E-state index in [1.165, 1.54) is 6.07 Å². The molecule has 0 saturated heterocycles. The summed E-state index contributed by atoms with van der Waals surface area (Å²) in [7, 11) is -3.74. The first-order chi connectivity index (χ1) is 8.75. The van der Waals surface area contributed by atoms with Gasteiger partial charge in [0, 0.05) is 0 Å². The molecular formula is C11H13ClFNO4S. The van der Waals surface area contributed by atoms with Crippen LogP contribution in [-0.2, 0) is 19.6 Å². The summed E-state index contributed by atoms with van der Waals surface area (Å²) in [4.78, 5) is 11.4. The standard InChI is InChI=1S/C11H13ClFNO4S/c1-3-18-11(15)7-14(19(2,16)17)10-5-4-8(13)6-9(10)12/h4-6H,3,7H2,1-2H3. The van der Waals surface area contributed by atoms with Crippen LogP contribution in [0.1, 0.15) is 6.92 Å². The molecule has 0 aliphatic carbocycles. The van der Waals surface area contributed by atoms with Crippen LogP contribution in [0.15, 0.2) is 18.2 Å². The predicted octanol–water partition coefficient (Wildman–Crippen LogP) is 1.81. The van der Waals surface area contributed by atoms with Gasteiger partial charge in [-0.15, -0.1) is 0 Å². The fraction of sp³-hybridized carbons (Fsp3) is 0.364. The molecule has 0 saturated carbocycles. The zero-order valence-electron chi connectivity index (χ0n) is 10.4. The number of sulfonamides is 1. The van der Waals surface area contributed by atoms with Crippen LogP contribution in [0.25, 0.3) is 0 Å². The van der Waals surface area contributed by atoms with Crippen LogP contribution < -0.4 is 4.31 Å². The van der Waals surface area contributed by atoms with Crippen LogP contribution in [0.4, 0.5) is 10.1 Å². The van der Waals surface area contributed by atoms with Gasteiger partial charge < -0.3 is 4.74 Å². The van der Waals surface area contributed by atoms with E-state index < -0.39 is 28.4 Å². The molecule has 0 amide bonds. The molecule has 0 aliphatic rings. The second kappa shape index (κ2) is 6.21. The third kappa shape index (κ3) is 4.36. The van der Waals surface area contributed by atoms with Gasteiger partial charge in [-0.05, 0) is 25.1 Å². The van der Waals surface area contributed by atoms with Crippen LogP contribution in [0.5, 0.6) is 0 Å². The highest BCUT2D eigenvalue weighted by Crippen LogP contribution is 2.28. The Morgan fingerprint density at radius 3 is 2.58 bits per heavy atom. The third-order valence-electron chi connectivity index (χ3n) is 2.16. The predicted molar refractivity (Wildman–Crippen MR) is 70.2 cm³/mol. The zero-order valence-corrected chi connectivity index (χ0v) is 12.0. The molecule has 0 bridgehead atoms. The SMILES string of the molecule is CCOC(=O)CN(c1ccc(F)cc1Cl)S(C)(=O)=O. The minimum atomic E-state index is -3.74. The summed E-state index contributed by atoms with van der Waals surface area (Å²) in [5.41, 5.74) is 0.0265. The highest BCUT2D eigenvalue weighted by molar-refractivity contribution is 7.92. The first kappa shape index (κ1) is 15.7. The maximum atomic E-state index is 12.9. The molecule has 0 aliphatic heterocycles. The lowest BCUT2D eigenvalue weighted by atomic mass is 10.3. The lowest BCUT2D eigenvalue weighted by Gasteiger charge is -2.22. The Morgan fingerprint density at radius 1 is 1.47 bits per heavy atom. The summed E-state index contributed by atoms with van der Waals surface area (Å²) in [6.45, 7) is 1.22. The van der Waals surface area contributed by atoms with Crippen LogP contribution in [0.3, 0.4) is 0 Å². The average Bonchev–Trinajstić information content (AvgIpc) is 2.25. The number of esters is 1. The van der Waals surface area contributed by atoms with Crippen LogP contribution in [0, 0.1) is 5.82 Å². The van der Waals surface area contributed by atoms with E-state index in [2.05, 4.69) is 0 Å². The average molecular weight is 310 g/mol. The van der Waals surface area contributed by atoms with E-state index in [0.29, 0.717) is 0 Å². The molecule has 0 radical (unpaired) electrons. The fourth-order valence-electron chi connectivity index (χ4n) is 1.39. The van der Waals surface area contributed by atoms with Gasteiger partial charge in [-0.1, -0.05) is 11.6 Å². The van der Waals surface area contributed by atoms with E-state index in [4.69, 9.17) is 16.3 Å². The Hall–Kier alpha value is -1.34. The van der Waals surface area contributed by atoms with Crippen molar-refractivity contribution in [1.82, 2.24) is 0 Å². The van der Waals surface area contributed by atoms with Gasteiger partial charge in [0.05, 0.1) is 23.6 Å². The van der Waals surface area contributed by atoms with Crippen LogP contribution >= 0.6 is 11.6 Å². The molecule has 0 fully saturated rings. The Labute approximate surface area is 116 Å². The molecule has 106 valence electrons. The van der Waals surface area contributed by atoms with E-state index in [1.807, 2.05) is 0 Å². The topological polar surface area (TPSA) is 63.7 Å². The Morgan fingerprint density at radius 2 is 2.11 bits per heavy atom. The van der Waals surface area contributed by atoms with Gasteiger partial charge in [0.1, 0.15) is 12.4 Å². The van der Waals surface area contributed by atoms with Crippen molar-refractivity contribution in [3.05, 3.63) is 29.0 Å². The number of benzene rings is 1. The van der Waals surface area contributed by atoms with Crippen molar-refractivity contribution < 1.29 is 22.3 Å². The van der Waals surface area contributed by atoms with Gasteiger partial charge in [-0.3, -0.25) is 9.10 Å².